The average Bonchev–Trinajstić information content (AvgIpc) is 3.02. The van der Waals surface area contributed by atoms with Crippen LogP contribution in [0.25, 0.3) is 0 Å². The molecule has 1 aromatic carbocycles. The van der Waals surface area contributed by atoms with Crippen LogP contribution in [0.15, 0.2) is 32.8 Å². The normalized spacial score (nSPS) is 10.7. The van der Waals surface area contributed by atoms with E-state index in [1.54, 1.807) is 0 Å². The maximum atomic E-state index is 12.4. The third-order valence-electron chi connectivity index (χ3n) is 3.23. The summed E-state index contributed by atoms with van der Waals surface area (Å²) in [6.07, 6.45) is 0. The predicted octanol–water partition coefficient (Wildman–Crippen LogP) is 3.44. The second kappa shape index (κ2) is 9.47. The number of esters is 1. The van der Waals surface area contributed by atoms with Crippen LogP contribution in [0.5, 0.6) is 0 Å². The summed E-state index contributed by atoms with van der Waals surface area (Å²) < 4.78 is 5.74. The van der Waals surface area contributed by atoms with Gasteiger partial charge in [-0.05, 0) is 18.9 Å². The number of nitro groups is 1. The lowest BCUT2D eigenvalue weighted by molar-refractivity contribution is -0.384. The van der Waals surface area contributed by atoms with Crippen LogP contribution in [-0.2, 0) is 9.53 Å². The Hall–Kier alpha value is -2.46. The predicted molar refractivity (Wildman–Crippen MR) is 102 cm³/mol. The van der Waals surface area contributed by atoms with Gasteiger partial charge in [0.05, 0.1) is 10.5 Å². The molecule has 2 aromatic rings. The van der Waals surface area contributed by atoms with E-state index in [2.05, 4.69) is 10.3 Å². The van der Waals surface area contributed by atoms with Crippen molar-refractivity contribution in [3.63, 3.8) is 0 Å². The lowest BCUT2D eigenvalue weighted by atomic mass is 10.2. The molecule has 10 heteroatoms. The molecule has 1 aromatic heterocycles. The average molecular weight is 409 g/mol. The second-order valence-corrected chi connectivity index (χ2v) is 8.22. The maximum Gasteiger partial charge on any atom is 0.340 e. The summed E-state index contributed by atoms with van der Waals surface area (Å²) >= 11 is 2.62. The number of nitrogens with zero attached hydrogens (tertiary/aromatic N) is 2. The van der Waals surface area contributed by atoms with Crippen molar-refractivity contribution >= 4 is 40.7 Å². The maximum absolute atomic E-state index is 12.4. The Kier molecular flexibility index (Phi) is 7.31. The number of non-ortho nitro benzene ring substituents is 1. The first-order valence-electron chi connectivity index (χ1n) is 8.08. The molecule has 1 amide bonds. The van der Waals surface area contributed by atoms with Crippen LogP contribution in [0.4, 0.5) is 5.69 Å². The van der Waals surface area contributed by atoms with Gasteiger partial charge < -0.3 is 10.1 Å². The molecule has 0 unspecified atom stereocenters. The van der Waals surface area contributed by atoms with Gasteiger partial charge in [-0.2, -0.15) is 0 Å². The first-order chi connectivity index (χ1) is 12.8. The second-order valence-electron chi connectivity index (χ2n) is 6.07. The van der Waals surface area contributed by atoms with E-state index >= 15 is 0 Å². The highest BCUT2D eigenvalue weighted by Crippen LogP contribution is 2.34. The van der Waals surface area contributed by atoms with Gasteiger partial charge in [0.25, 0.3) is 11.6 Å². The number of nitro benzene ring substituents is 1. The van der Waals surface area contributed by atoms with Gasteiger partial charge in [0, 0.05) is 34.6 Å². The number of hydrogen-bond donors (Lipinski definition) is 1. The van der Waals surface area contributed by atoms with E-state index in [9.17, 15) is 19.7 Å². The molecular weight excluding hydrogens is 390 g/mol. The van der Waals surface area contributed by atoms with Gasteiger partial charge in [0.2, 0.25) is 0 Å². The molecular formula is C17H19N3O5S2. The van der Waals surface area contributed by atoms with Crippen molar-refractivity contribution in [3.05, 3.63) is 45.0 Å². The van der Waals surface area contributed by atoms with Crippen molar-refractivity contribution in [2.45, 2.75) is 30.0 Å². The van der Waals surface area contributed by atoms with Gasteiger partial charge in [-0.1, -0.05) is 25.6 Å². The number of benzene rings is 1. The molecule has 0 aliphatic heterocycles. The number of rotatable bonds is 8. The van der Waals surface area contributed by atoms with E-state index < -0.39 is 23.4 Å². The Morgan fingerprint density at radius 2 is 2.15 bits per heavy atom. The highest BCUT2D eigenvalue weighted by Gasteiger charge is 2.20. The van der Waals surface area contributed by atoms with Gasteiger partial charge in [-0.25, -0.2) is 9.78 Å². The van der Waals surface area contributed by atoms with E-state index in [0.717, 1.165) is 11.8 Å². The fourth-order valence-corrected chi connectivity index (χ4v) is 3.82. The van der Waals surface area contributed by atoms with Gasteiger partial charge in [0.15, 0.2) is 10.9 Å². The fourth-order valence-electron chi connectivity index (χ4n) is 1.93. The zero-order chi connectivity index (χ0) is 20.0. The molecule has 0 atom stereocenters. The van der Waals surface area contributed by atoms with Crippen LogP contribution in [0.3, 0.4) is 0 Å². The molecule has 8 nitrogen and oxygen atoms in total. The van der Waals surface area contributed by atoms with Gasteiger partial charge in [0.1, 0.15) is 0 Å². The summed E-state index contributed by atoms with van der Waals surface area (Å²) in [5.41, 5.74) is 0.639. The number of nitrogens with one attached hydrogen (secondary N) is 1. The van der Waals surface area contributed by atoms with Crippen LogP contribution in [-0.4, -0.2) is 34.9 Å². The van der Waals surface area contributed by atoms with Crippen LogP contribution in [0.1, 0.15) is 29.9 Å². The Morgan fingerprint density at radius 3 is 2.74 bits per heavy atom. The van der Waals surface area contributed by atoms with Crippen molar-refractivity contribution < 1.29 is 19.2 Å². The van der Waals surface area contributed by atoms with E-state index in [1.165, 1.54) is 35.2 Å². The van der Waals surface area contributed by atoms with Crippen molar-refractivity contribution in [3.8, 4) is 0 Å². The van der Waals surface area contributed by atoms with Crippen LogP contribution in [0, 0.1) is 23.0 Å². The fraction of sp³-hybridized carbons (Fsp3) is 0.353. The molecule has 0 aliphatic carbocycles. The highest BCUT2D eigenvalue weighted by atomic mass is 32.2. The zero-order valence-electron chi connectivity index (χ0n) is 15.1. The van der Waals surface area contributed by atoms with Crippen molar-refractivity contribution in [1.82, 2.24) is 10.3 Å². The van der Waals surface area contributed by atoms with Crippen molar-refractivity contribution in [2.75, 3.05) is 13.2 Å². The minimum absolute atomic E-state index is 0.0266. The molecule has 144 valence electrons. The molecule has 0 radical (unpaired) electrons. The van der Waals surface area contributed by atoms with Gasteiger partial charge in [-0.3, -0.25) is 14.9 Å². The number of aryl methyl sites for hydroxylation is 1. The van der Waals surface area contributed by atoms with E-state index in [0.29, 0.717) is 15.8 Å². The monoisotopic (exact) mass is 409 g/mol. The van der Waals surface area contributed by atoms with Crippen LogP contribution < -0.4 is 5.32 Å². The summed E-state index contributed by atoms with van der Waals surface area (Å²) in [4.78, 5) is 39.4. The summed E-state index contributed by atoms with van der Waals surface area (Å²) in [5, 5.41) is 15.5. The number of hydrogen-bond acceptors (Lipinski definition) is 8. The van der Waals surface area contributed by atoms with E-state index in [4.69, 9.17) is 4.74 Å². The van der Waals surface area contributed by atoms with Crippen LogP contribution in [0.2, 0.25) is 0 Å². The first-order valence-corrected chi connectivity index (χ1v) is 9.78. The number of thiazole rings is 1. The molecule has 0 aliphatic rings. The molecule has 0 saturated carbocycles. The summed E-state index contributed by atoms with van der Waals surface area (Å²) in [6, 6.07) is 3.95. The summed E-state index contributed by atoms with van der Waals surface area (Å²) in [6.45, 7) is 5.76. The van der Waals surface area contributed by atoms with Crippen molar-refractivity contribution in [1.29, 1.82) is 0 Å². The van der Waals surface area contributed by atoms with Gasteiger partial charge in [-0.15, -0.1) is 11.3 Å². The summed E-state index contributed by atoms with van der Waals surface area (Å²) in [5.74, 6) is -0.951. The van der Waals surface area contributed by atoms with Gasteiger partial charge >= 0.3 is 5.97 Å². The number of ether oxygens (including phenoxy) is 1. The molecule has 2 rings (SSSR count). The molecule has 1 heterocycles. The lowest BCUT2D eigenvalue weighted by Gasteiger charge is -2.10. The molecule has 0 spiro atoms. The minimum atomic E-state index is -0.797. The Morgan fingerprint density at radius 1 is 1.41 bits per heavy atom. The number of carbonyl (C=O) groups excluding carboxylic acids is 2. The quantitative estimate of drug-likeness (QED) is 0.404. The molecule has 27 heavy (non-hydrogen) atoms. The largest absolute Gasteiger partial charge is 0.452 e. The molecule has 0 fully saturated rings. The Balaban J connectivity index is 2.15. The third kappa shape index (κ3) is 6.33. The first kappa shape index (κ1) is 20.8. The summed E-state index contributed by atoms with van der Waals surface area (Å²) in [7, 11) is 0. The Bertz CT molecular complexity index is 851. The SMILES string of the molecule is Cc1csc(Sc2ccc([N+](=O)[O-])cc2C(=O)OCC(=O)NCC(C)C)n1. The Labute approximate surface area is 164 Å². The highest BCUT2D eigenvalue weighted by molar-refractivity contribution is 8.01. The van der Waals surface area contributed by atoms with E-state index in [1.807, 2.05) is 26.2 Å². The molecule has 1 N–H and O–H groups in total. The number of carbonyl (C=O) groups is 2. The number of amides is 1. The third-order valence-corrected chi connectivity index (χ3v) is 5.36. The lowest BCUT2D eigenvalue weighted by Crippen LogP contribution is -2.31. The topological polar surface area (TPSA) is 111 Å². The zero-order valence-corrected chi connectivity index (χ0v) is 16.7. The minimum Gasteiger partial charge on any atom is -0.452 e. The van der Waals surface area contributed by atoms with Crippen LogP contribution >= 0.6 is 23.1 Å². The molecule has 0 bridgehead atoms. The molecule has 0 saturated heterocycles. The van der Waals surface area contributed by atoms with E-state index in [-0.39, 0.29) is 17.2 Å². The smallest absolute Gasteiger partial charge is 0.340 e. The standard InChI is InChI=1S/C17H19N3O5S2/c1-10(2)7-18-15(21)8-25-16(22)13-6-12(20(23)24)4-5-14(13)27-17-19-11(3)9-26-17/h4-6,9-10H,7-8H2,1-3H3,(H,18,21). The van der Waals surface area contributed by atoms with Crippen molar-refractivity contribution in [2.24, 2.45) is 5.92 Å². The number of aromatic nitrogens is 1.